The van der Waals surface area contributed by atoms with Crippen LogP contribution in [0.4, 0.5) is 0 Å². The fourth-order valence-electron chi connectivity index (χ4n) is 4.58. The first kappa shape index (κ1) is 30.2. The molecule has 0 saturated carbocycles. The van der Waals surface area contributed by atoms with Crippen LogP contribution in [0.15, 0.2) is 49.1 Å². The summed E-state index contributed by atoms with van der Waals surface area (Å²) in [7, 11) is 0. The molecule has 0 amide bonds. The zero-order valence-corrected chi connectivity index (χ0v) is 22.7. The fraction of sp³-hybridized carbons (Fsp3) is 0.625. The van der Waals surface area contributed by atoms with Gasteiger partial charge in [-0.15, -0.1) is 0 Å². The van der Waals surface area contributed by atoms with Crippen molar-refractivity contribution in [2.45, 2.75) is 116 Å². The lowest BCUT2D eigenvalue weighted by Gasteiger charge is -2.01. The third-order valence-electron chi connectivity index (χ3n) is 6.95. The molecular weight excluding hydrogens is 444 g/mol. The molecule has 0 spiro atoms. The Bertz CT molecular complexity index is 719. The number of aliphatic hydroxyl groups excluding tert-OH is 2. The Labute approximate surface area is 220 Å². The van der Waals surface area contributed by atoms with Crippen molar-refractivity contribution >= 4 is 12.2 Å². The molecule has 200 valence electrons. The van der Waals surface area contributed by atoms with Crippen LogP contribution in [0.5, 0.6) is 0 Å². The van der Waals surface area contributed by atoms with Crippen molar-refractivity contribution in [3.05, 3.63) is 60.2 Å². The molecule has 0 bridgehead atoms. The highest BCUT2D eigenvalue weighted by atomic mass is 16.3. The van der Waals surface area contributed by atoms with Gasteiger partial charge in [0.2, 0.25) is 0 Å². The van der Waals surface area contributed by atoms with E-state index >= 15 is 0 Å². The molecule has 2 rings (SSSR count). The molecule has 0 aliphatic rings. The van der Waals surface area contributed by atoms with Crippen LogP contribution < -0.4 is 9.13 Å². The lowest BCUT2D eigenvalue weighted by atomic mass is 10.1. The van der Waals surface area contributed by atoms with Gasteiger partial charge >= 0.3 is 0 Å². The van der Waals surface area contributed by atoms with Gasteiger partial charge in [-0.25, -0.2) is 9.13 Å². The standard InChI is InChI=1S/C32H52N2O2/c35-29-15-11-7-3-1-5-9-13-23-33-25-19-31(20-26-33)17-18-32-21-27-34(28-22-32)24-14-10-6-2-4-8-12-16-30-36/h17-22,25-28,35-36H,1-16,23-24,29-30H2/q+2/b18-17+. The average molecular weight is 497 g/mol. The number of hydrogen-bond acceptors (Lipinski definition) is 2. The number of rotatable bonds is 22. The maximum Gasteiger partial charge on any atom is 0.169 e. The van der Waals surface area contributed by atoms with Crippen LogP contribution in [0.1, 0.15) is 114 Å². The highest BCUT2D eigenvalue weighted by molar-refractivity contribution is 5.68. The predicted molar refractivity (Wildman–Crippen MR) is 150 cm³/mol. The number of aromatic nitrogens is 2. The Morgan fingerprint density at radius 3 is 1.00 bits per heavy atom. The largest absolute Gasteiger partial charge is 0.396 e. The monoisotopic (exact) mass is 496 g/mol. The minimum Gasteiger partial charge on any atom is -0.396 e. The predicted octanol–water partition coefficient (Wildman–Crippen LogP) is 6.66. The molecule has 2 aromatic heterocycles. The van der Waals surface area contributed by atoms with E-state index in [1.54, 1.807) is 0 Å². The van der Waals surface area contributed by atoms with Crippen molar-refractivity contribution < 1.29 is 19.3 Å². The summed E-state index contributed by atoms with van der Waals surface area (Å²) in [6.45, 7) is 2.87. The molecule has 0 radical (unpaired) electrons. The lowest BCUT2D eigenvalue weighted by Crippen LogP contribution is -2.32. The zero-order valence-electron chi connectivity index (χ0n) is 22.7. The molecule has 2 aromatic rings. The molecule has 4 nitrogen and oxygen atoms in total. The van der Waals surface area contributed by atoms with Crippen molar-refractivity contribution in [3.63, 3.8) is 0 Å². The normalized spacial score (nSPS) is 11.5. The van der Waals surface area contributed by atoms with Crippen molar-refractivity contribution in [3.8, 4) is 0 Å². The van der Waals surface area contributed by atoms with Crippen LogP contribution in [0.3, 0.4) is 0 Å². The Hall–Kier alpha value is -2.04. The van der Waals surface area contributed by atoms with Crippen LogP contribution in [0.25, 0.3) is 12.2 Å². The molecule has 0 unspecified atom stereocenters. The van der Waals surface area contributed by atoms with E-state index in [2.05, 4.69) is 70.3 Å². The summed E-state index contributed by atoms with van der Waals surface area (Å²) in [5.74, 6) is 0. The summed E-state index contributed by atoms with van der Waals surface area (Å²) < 4.78 is 4.59. The molecule has 0 aliphatic heterocycles. The third-order valence-corrected chi connectivity index (χ3v) is 6.95. The van der Waals surface area contributed by atoms with Crippen LogP contribution in [0.2, 0.25) is 0 Å². The van der Waals surface area contributed by atoms with E-state index in [9.17, 15) is 0 Å². The maximum absolute atomic E-state index is 8.81. The van der Waals surface area contributed by atoms with Gasteiger partial charge < -0.3 is 10.2 Å². The third kappa shape index (κ3) is 15.2. The van der Waals surface area contributed by atoms with Gasteiger partial charge in [0.25, 0.3) is 0 Å². The summed E-state index contributed by atoms with van der Waals surface area (Å²) in [5, 5.41) is 17.6. The first-order valence-corrected chi connectivity index (χ1v) is 14.7. The van der Waals surface area contributed by atoms with Crippen LogP contribution in [0, 0.1) is 0 Å². The Morgan fingerprint density at radius 2 is 0.694 bits per heavy atom. The smallest absolute Gasteiger partial charge is 0.169 e. The minimum atomic E-state index is 0.341. The second-order valence-electron chi connectivity index (χ2n) is 10.2. The quantitative estimate of drug-likeness (QED) is 0.141. The summed E-state index contributed by atoms with van der Waals surface area (Å²) in [6.07, 6.45) is 33.0. The van der Waals surface area contributed by atoms with Gasteiger partial charge in [-0.3, -0.25) is 0 Å². The maximum atomic E-state index is 8.81. The van der Waals surface area contributed by atoms with E-state index in [0.717, 1.165) is 25.9 Å². The summed E-state index contributed by atoms with van der Waals surface area (Å²) in [5.41, 5.74) is 2.48. The minimum absolute atomic E-state index is 0.341. The Balaban J connectivity index is 1.56. The van der Waals surface area contributed by atoms with Crippen LogP contribution in [-0.4, -0.2) is 23.4 Å². The molecule has 0 atom stereocenters. The lowest BCUT2D eigenvalue weighted by molar-refractivity contribution is -0.697. The van der Waals surface area contributed by atoms with Gasteiger partial charge in [0.1, 0.15) is 13.1 Å². The second kappa shape index (κ2) is 21.1. The molecule has 2 N–H and O–H groups in total. The average Bonchev–Trinajstić information content (AvgIpc) is 2.91. The molecule has 2 heterocycles. The highest BCUT2D eigenvalue weighted by Crippen LogP contribution is 2.10. The van der Waals surface area contributed by atoms with Crippen molar-refractivity contribution in [2.75, 3.05) is 13.2 Å². The number of pyridine rings is 2. The van der Waals surface area contributed by atoms with Gasteiger partial charge in [0.05, 0.1) is 0 Å². The van der Waals surface area contributed by atoms with E-state index in [1.807, 2.05) is 0 Å². The first-order chi connectivity index (χ1) is 17.8. The van der Waals surface area contributed by atoms with E-state index in [-0.39, 0.29) is 0 Å². The zero-order chi connectivity index (χ0) is 25.5. The van der Waals surface area contributed by atoms with E-state index in [0.29, 0.717) is 13.2 Å². The first-order valence-electron chi connectivity index (χ1n) is 14.7. The van der Waals surface area contributed by atoms with Crippen molar-refractivity contribution in [2.24, 2.45) is 0 Å². The molecule has 0 saturated heterocycles. The van der Waals surface area contributed by atoms with Crippen LogP contribution >= 0.6 is 0 Å². The van der Waals surface area contributed by atoms with Crippen LogP contribution in [-0.2, 0) is 13.1 Å². The van der Waals surface area contributed by atoms with Crippen molar-refractivity contribution in [1.82, 2.24) is 0 Å². The topological polar surface area (TPSA) is 48.2 Å². The molecule has 0 aromatic carbocycles. The van der Waals surface area contributed by atoms with Gasteiger partial charge in [-0.05, 0) is 36.8 Å². The Kier molecular flexibility index (Phi) is 17.7. The molecule has 0 fully saturated rings. The number of nitrogens with zero attached hydrogens (tertiary/aromatic N) is 2. The summed E-state index contributed by atoms with van der Waals surface area (Å²) >= 11 is 0. The van der Waals surface area contributed by atoms with Crippen molar-refractivity contribution in [1.29, 1.82) is 0 Å². The number of unbranched alkanes of at least 4 members (excludes halogenated alkanes) is 14. The van der Waals surface area contributed by atoms with E-state index < -0.39 is 0 Å². The number of hydrogen-bond donors (Lipinski definition) is 2. The fourth-order valence-corrected chi connectivity index (χ4v) is 4.58. The molecular formula is C32H52N2O2+2. The molecule has 4 heteroatoms. The second-order valence-corrected chi connectivity index (χ2v) is 10.2. The highest BCUT2D eigenvalue weighted by Gasteiger charge is 2.02. The van der Waals surface area contributed by atoms with E-state index in [1.165, 1.54) is 101 Å². The Morgan fingerprint density at radius 1 is 0.417 bits per heavy atom. The van der Waals surface area contributed by atoms with Gasteiger partial charge in [0, 0.05) is 50.3 Å². The van der Waals surface area contributed by atoms with E-state index in [4.69, 9.17) is 10.2 Å². The number of aliphatic hydroxyl groups is 2. The molecule has 36 heavy (non-hydrogen) atoms. The number of aryl methyl sites for hydroxylation is 2. The summed E-state index contributed by atoms with van der Waals surface area (Å²) in [6, 6.07) is 8.81. The van der Waals surface area contributed by atoms with Gasteiger partial charge in [-0.2, -0.15) is 0 Å². The van der Waals surface area contributed by atoms with Gasteiger partial charge in [-0.1, -0.05) is 76.4 Å². The van der Waals surface area contributed by atoms with Gasteiger partial charge in [0.15, 0.2) is 24.8 Å². The molecule has 0 aliphatic carbocycles. The SMILES string of the molecule is OCCCCCCCCCC[n+]1ccc(/C=C/c2cc[n+](CCCCCCCCCCO)cc2)cc1. The summed E-state index contributed by atoms with van der Waals surface area (Å²) in [4.78, 5) is 0.